The van der Waals surface area contributed by atoms with Crippen molar-refractivity contribution in [3.63, 3.8) is 0 Å². The molecular weight excluding hydrogens is 324 g/mol. The smallest absolute Gasteiger partial charge is 0.313 e. The molecule has 1 aromatic rings. The zero-order valence-electron chi connectivity index (χ0n) is 13.1. The van der Waals surface area contributed by atoms with E-state index < -0.39 is 11.8 Å². The predicted octanol–water partition coefficient (Wildman–Crippen LogP) is 1.57. The maximum Gasteiger partial charge on any atom is 0.313 e. The molecule has 0 saturated heterocycles. The number of benzene rings is 1. The fraction of sp³-hybridized carbons (Fsp3) is 0.467. The van der Waals surface area contributed by atoms with Crippen molar-refractivity contribution < 1.29 is 24.2 Å². The van der Waals surface area contributed by atoms with Crippen LogP contribution in [0.3, 0.4) is 0 Å². The fourth-order valence-electron chi connectivity index (χ4n) is 1.83. The minimum absolute atomic E-state index is 0.118. The average molecular weight is 345 g/mol. The summed E-state index contributed by atoms with van der Waals surface area (Å²) in [5.41, 5.74) is 0.286. The first kappa shape index (κ1) is 19.1. The molecule has 0 spiro atoms. The standard InChI is InChI=1S/C15H21ClN2O5/c1-22-12-9-11(13(23-2)8-10(12)16)18-15(21)14(20)17-6-4-3-5-7-19/h8-9,19H,3-7H2,1-2H3,(H,17,20)(H,18,21). The quantitative estimate of drug-likeness (QED) is 0.491. The van der Waals surface area contributed by atoms with Gasteiger partial charge in [0.1, 0.15) is 11.5 Å². The second-order valence-electron chi connectivity index (χ2n) is 4.68. The van der Waals surface area contributed by atoms with Gasteiger partial charge in [0, 0.05) is 25.3 Å². The molecule has 0 fully saturated rings. The van der Waals surface area contributed by atoms with Gasteiger partial charge in [0.2, 0.25) is 0 Å². The lowest BCUT2D eigenvalue weighted by Gasteiger charge is -2.13. The maximum atomic E-state index is 11.9. The first-order valence-corrected chi connectivity index (χ1v) is 7.52. The number of amides is 2. The van der Waals surface area contributed by atoms with Crippen LogP contribution in [0.1, 0.15) is 19.3 Å². The number of methoxy groups -OCH3 is 2. The van der Waals surface area contributed by atoms with Crippen molar-refractivity contribution in [2.75, 3.05) is 32.7 Å². The predicted molar refractivity (Wildman–Crippen MR) is 87.1 cm³/mol. The van der Waals surface area contributed by atoms with Crippen molar-refractivity contribution in [2.24, 2.45) is 0 Å². The summed E-state index contributed by atoms with van der Waals surface area (Å²) < 4.78 is 10.2. The fourth-order valence-corrected chi connectivity index (χ4v) is 2.06. The molecular formula is C15H21ClN2O5. The molecule has 3 N–H and O–H groups in total. The molecule has 23 heavy (non-hydrogen) atoms. The molecule has 0 unspecified atom stereocenters. The van der Waals surface area contributed by atoms with Crippen molar-refractivity contribution in [3.8, 4) is 11.5 Å². The Bertz CT molecular complexity index is 551. The summed E-state index contributed by atoms with van der Waals surface area (Å²) >= 11 is 5.97. The Morgan fingerprint density at radius 2 is 1.78 bits per heavy atom. The van der Waals surface area contributed by atoms with Crippen molar-refractivity contribution >= 4 is 29.1 Å². The molecule has 7 nitrogen and oxygen atoms in total. The van der Waals surface area contributed by atoms with E-state index in [2.05, 4.69) is 10.6 Å². The van der Waals surface area contributed by atoms with E-state index in [1.807, 2.05) is 0 Å². The molecule has 0 aliphatic heterocycles. The molecule has 0 aliphatic rings. The summed E-state index contributed by atoms with van der Waals surface area (Å²) in [5, 5.41) is 14.0. The number of unbranched alkanes of at least 4 members (excludes halogenated alkanes) is 2. The van der Waals surface area contributed by atoms with Gasteiger partial charge in [-0.25, -0.2) is 0 Å². The monoisotopic (exact) mass is 344 g/mol. The van der Waals surface area contributed by atoms with Gasteiger partial charge in [0.05, 0.1) is 24.9 Å². The van der Waals surface area contributed by atoms with Crippen LogP contribution in [0.5, 0.6) is 11.5 Å². The molecule has 0 aromatic heterocycles. The molecule has 0 aliphatic carbocycles. The van der Waals surface area contributed by atoms with Gasteiger partial charge in [-0.05, 0) is 19.3 Å². The van der Waals surface area contributed by atoms with Gasteiger partial charge in [0.15, 0.2) is 0 Å². The van der Waals surface area contributed by atoms with E-state index in [-0.39, 0.29) is 12.3 Å². The van der Waals surface area contributed by atoms with Crippen molar-refractivity contribution in [3.05, 3.63) is 17.2 Å². The Hall–Kier alpha value is -1.99. The van der Waals surface area contributed by atoms with Crippen LogP contribution in [0, 0.1) is 0 Å². The number of hydrogen-bond donors (Lipinski definition) is 3. The second-order valence-corrected chi connectivity index (χ2v) is 5.09. The number of carbonyl (C=O) groups excluding carboxylic acids is 2. The summed E-state index contributed by atoms with van der Waals surface area (Å²) in [7, 11) is 2.87. The third-order valence-electron chi connectivity index (χ3n) is 3.05. The Kier molecular flexibility index (Phi) is 8.21. The summed E-state index contributed by atoms with van der Waals surface area (Å²) in [4.78, 5) is 23.6. The van der Waals surface area contributed by atoms with Crippen LogP contribution in [-0.2, 0) is 9.59 Å². The van der Waals surface area contributed by atoms with E-state index in [0.717, 1.165) is 6.42 Å². The number of anilines is 1. The van der Waals surface area contributed by atoms with E-state index in [0.29, 0.717) is 35.9 Å². The number of hydrogen-bond acceptors (Lipinski definition) is 5. The zero-order valence-corrected chi connectivity index (χ0v) is 13.9. The number of aliphatic hydroxyl groups is 1. The molecule has 8 heteroatoms. The highest BCUT2D eigenvalue weighted by Gasteiger charge is 2.17. The van der Waals surface area contributed by atoms with Gasteiger partial charge in [-0.15, -0.1) is 0 Å². The largest absolute Gasteiger partial charge is 0.495 e. The molecule has 0 atom stereocenters. The minimum Gasteiger partial charge on any atom is -0.495 e. The van der Waals surface area contributed by atoms with E-state index in [1.54, 1.807) is 0 Å². The Balaban J connectivity index is 2.64. The van der Waals surface area contributed by atoms with Crippen LogP contribution in [0.2, 0.25) is 5.02 Å². The van der Waals surface area contributed by atoms with Crippen LogP contribution in [0.15, 0.2) is 12.1 Å². The number of halogens is 1. The molecule has 128 valence electrons. The molecule has 0 bridgehead atoms. The maximum absolute atomic E-state index is 11.9. The summed E-state index contributed by atoms with van der Waals surface area (Å²) in [6.45, 7) is 0.486. The molecule has 1 aromatic carbocycles. The first-order valence-electron chi connectivity index (χ1n) is 7.15. The lowest BCUT2D eigenvalue weighted by atomic mass is 10.2. The summed E-state index contributed by atoms with van der Waals surface area (Å²) in [5.74, 6) is -0.883. The lowest BCUT2D eigenvalue weighted by Crippen LogP contribution is -2.36. The zero-order chi connectivity index (χ0) is 17.2. The Morgan fingerprint density at radius 1 is 1.09 bits per heavy atom. The molecule has 2 amide bonds. The van der Waals surface area contributed by atoms with Crippen molar-refractivity contribution in [2.45, 2.75) is 19.3 Å². The van der Waals surface area contributed by atoms with Crippen molar-refractivity contribution in [1.82, 2.24) is 5.32 Å². The lowest BCUT2D eigenvalue weighted by molar-refractivity contribution is -0.136. The van der Waals surface area contributed by atoms with E-state index in [4.69, 9.17) is 26.2 Å². The van der Waals surface area contributed by atoms with Gasteiger partial charge in [-0.2, -0.15) is 0 Å². The van der Waals surface area contributed by atoms with E-state index >= 15 is 0 Å². The molecule has 0 radical (unpaired) electrons. The summed E-state index contributed by atoms with van der Waals surface area (Å²) in [6, 6.07) is 2.97. The highest BCUT2D eigenvalue weighted by Crippen LogP contribution is 2.35. The van der Waals surface area contributed by atoms with Crippen LogP contribution >= 0.6 is 11.6 Å². The number of carbonyl (C=O) groups is 2. The van der Waals surface area contributed by atoms with Crippen LogP contribution < -0.4 is 20.1 Å². The third-order valence-corrected chi connectivity index (χ3v) is 3.34. The topological polar surface area (TPSA) is 96.9 Å². The van der Waals surface area contributed by atoms with Crippen molar-refractivity contribution in [1.29, 1.82) is 0 Å². The van der Waals surface area contributed by atoms with Crippen LogP contribution in [0.4, 0.5) is 5.69 Å². The Morgan fingerprint density at radius 3 is 2.39 bits per heavy atom. The van der Waals surface area contributed by atoms with Gasteiger partial charge < -0.3 is 25.2 Å². The minimum atomic E-state index is -0.810. The highest BCUT2D eigenvalue weighted by molar-refractivity contribution is 6.40. The summed E-state index contributed by atoms with van der Waals surface area (Å²) in [6.07, 6.45) is 2.14. The number of ether oxygens (including phenoxy) is 2. The molecule has 0 heterocycles. The third kappa shape index (κ3) is 5.96. The van der Waals surface area contributed by atoms with E-state index in [1.165, 1.54) is 26.4 Å². The number of nitrogens with one attached hydrogen (secondary N) is 2. The van der Waals surface area contributed by atoms with Gasteiger partial charge in [0.25, 0.3) is 0 Å². The van der Waals surface area contributed by atoms with Gasteiger partial charge in [-0.3, -0.25) is 9.59 Å². The van der Waals surface area contributed by atoms with Crippen LogP contribution in [-0.4, -0.2) is 44.3 Å². The van der Waals surface area contributed by atoms with Gasteiger partial charge >= 0.3 is 11.8 Å². The normalized spacial score (nSPS) is 10.1. The second kappa shape index (κ2) is 9.91. The molecule has 0 saturated carbocycles. The molecule has 1 rings (SSSR count). The number of aliphatic hydroxyl groups excluding tert-OH is 1. The Labute approximate surface area is 139 Å². The van der Waals surface area contributed by atoms with Crippen LogP contribution in [0.25, 0.3) is 0 Å². The van der Waals surface area contributed by atoms with E-state index in [9.17, 15) is 9.59 Å². The SMILES string of the molecule is COc1cc(NC(=O)C(=O)NCCCCCO)c(OC)cc1Cl. The number of rotatable bonds is 8. The van der Waals surface area contributed by atoms with Gasteiger partial charge in [-0.1, -0.05) is 11.6 Å². The average Bonchev–Trinajstić information content (AvgIpc) is 2.55. The highest BCUT2D eigenvalue weighted by atomic mass is 35.5. The first-order chi connectivity index (χ1) is 11.0.